The second-order valence-corrected chi connectivity index (χ2v) is 9.98. The van der Waals surface area contributed by atoms with Crippen molar-refractivity contribution in [2.75, 3.05) is 13.7 Å². The fourth-order valence-electron chi connectivity index (χ4n) is 5.69. The third kappa shape index (κ3) is 5.08. The van der Waals surface area contributed by atoms with E-state index in [0.717, 1.165) is 10.9 Å². The molecule has 5 rings (SSSR count). The Morgan fingerprint density at radius 1 is 1.16 bits per heavy atom. The van der Waals surface area contributed by atoms with Gasteiger partial charge in [-0.3, -0.25) is 14.4 Å². The van der Waals surface area contributed by atoms with Crippen LogP contribution in [0.1, 0.15) is 40.9 Å². The van der Waals surface area contributed by atoms with Crippen LogP contribution in [-0.4, -0.2) is 42.3 Å². The number of Topliss-reactive ketones (excluding diaryl/α,β-unsaturated/α-hetero) is 1. The predicted molar refractivity (Wildman–Crippen MR) is 138 cm³/mol. The molecule has 37 heavy (non-hydrogen) atoms. The van der Waals surface area contributed by atoms with Crippen molar-refractivity contribution in [3.05, 3.63) is 65.4 Å². The number of methoxy groups -OCH3 is 1. The van der Waals surface area contributed by atoms with Crippen LogP contribution in [0.2, 0.25) is 0 Å². The standard InChI is InChI=1S/C29H30N4O4/c1-37-27-8-4-7-24-23(27)14-25(33-24)26(34)15-22(20-11-17-5-2-3-6-18(17)12-20)29(36)32-21(16-30)13-19-9-10-31-28(19)35/h2-8,14,19-22,33H,9-13,15H2,1H3,(H,31,35)(H,32,36)/t19-,21-,22-/m0/s1. The first-order chi connectivity index (χ1) is 18.0. The van der Waals surface area contributed by atoms with Gasteiger partial charge in [-0.25, -0.2) is 0 Å². The lowest BCUT2D eigenvalue weighted by Crippen LogP contribution is -2.43. The van der Waals surface area contributed by atoms with Crippen LogP contribution in [0.25, 0.3) is 10.9 Å². The van der Waals surface area contributed by atoms with Crippen LogP contribution in [0, 0.1) is 29.1 Å². The SMILES string of the molecule is COc1cccc2[nH]c(C(=O)C[C@H](C(=O)N[C@H](C#N)C[C@@H]3CCNC3=O)C3Cc4ccccc4C3)cc12. The van der Waals surface area contributed by atoms with E-state index in [1.165, 1.54) is 11.1 Å². The second kappa shape index (κ2) is 10.5. The molecule has 2 aliphatic rings. The number of nitrogens with zero attached hydrogens (tertiary/aromatic N) is 1. The van der Waals surface area contributed by atoms with E-state index < -0.39 is 12.0 Å². The van der Waals surface area contributed by atoms with Gasteiger partial charge in [-0.1, -0.05) is 30.3 Å². The highest BCUT2D eigenvalue weighted by Gasteiger charge is 2.37. The van der Waals surface area contributed by atoms with E-state index in [-0.39, 0.29) is 42.3 Å². The van der Waals surface area contributed by atoms with Crippen LogP contribution in [-0.2, 0) is 22.4 Å². The van der Waals surface area contributed by atoms with Crippen molar-refractivity contribution in [2.45, 2.75) is 38.1 Å². The highest BCUT2D eigenvalue weighted by Crippen LogP contribution is 2.35. The number of rotatable bonds is 9. The Labute approximate surface area is 215 Å². The molecule has 3 N–H and O–H groups in total. The summed E-state index contributed by atoms with van der Waals surface area (Å²) >= 11 is 0. The Kier molecular flexibility index (Phi) is 6.95. The molecule has 3 atom stereocenters. The summed E-state index contributed by atoms with van der Waals surface area (Å²) in [6, 6.07) is 16.8. The summed E-state index contributed by atoms with van der Waals surface area (Å²) in [5.41, 5.74) is 3.59. The van der Waals surface area contributed by atoms with Crippen molar-refractivity contribution in [1.82, 2.24) is 15.6 Å². The molecular formula is C29H30N4O4. The molecule has 1 fully saturated rings. The van der Waals surface area contributed by atoms with E-state index in [4.69, 9.17) is 4.74 Å². The Bertz CT molecular complexity index is 1360. The van der Waals surface area contributed by atoms with E-state index in [9.17, 15) is 19.6 Å². The molecule has 2 heterocycles. The molecule has 0 saturated carbocycles. The van der Waals surface area contributed by atoms with Crippen molar-refractivity contribution in [3.63, 3.8) is 0 Å². The van der Waals surface area contributed by atoms with Gasteiger partial charge < -0.3 is 20.4 Å². The first-order valence-electron chi connectivity index (χ1n) is 12.7. The number of fused-ring (bicyclic) bond motifs is 2. The van der Waals surface area contributed by atoms with Gasteiger partial charge >= 0.3 is 0 Å². The molecule has 1 saturated heterocycles. The van der Waals surface area contributed by atoms with Crippen molar-refractivity contribution in [2.24, 2.45) is 17.8 Å². The van der Waals surface area contributed by atoms with Gasteiger partial charge in [0.1, 0.15) is 11.8 Å². The zero-order chi connectivity index (χ0) is 25.9. The third-order valence-electron chi connectivity index (χ3n) is 7.69. The van der Waals surface area contributed by atoms with E-state index in [2.05, 4.69) is 33.8 Å². The van der Waals surface area contributed by atoms with E-state index in [1.807, 2.05) is 30.3 Å². The smallest absolute Gasteiger partial charge is 0.224 e. The number of hydrogen-bond acceptors (Lipinski definition) is 5. The topological polar surface area (TPSA) is 124 Å². The van der Waals surface area contributed by atoms with E-state index >= 15 is 0 Å². The van der Waals surface area contributed by atoms with Gasteiger partial charge in [-0.2, -0.15) is 5.26 Å². The highest BCUT2D eigenvalue weighted by atomic mass is 16.5. The zero-order valence-corrected chi connectivity index (χ0v) is 20.8. The molecule has 1 aromatic heterocycles. The molecule has 0 radical (unpaired) electrons. The number of benzene rings is 2. The fourth-order valence-corrected chi connectivity index (χ4v) is 5.69. The normalized spacial score (nSPS) is 18.6. The Morgan fingerprint density at radius 3 is 2.57 bits per heavy atom. The van der Waals surface area contributed by atoms with Gasteiger partial charge in [-0.05, 0) is 60.9 Å². The number of ketones is 1. The zero-order valence-electron chi connectivity index (χ0n) is 20.8. The van der Waals surface area contributed by atoms with Gasteiger partial charge in [0, 0.05) is 35.7 Å². The molecule has 2 aromatic carbocycles. The lowest BCUT2D eigenvalue weighted by Gasteiger charge is -2.24. The predicted octanol–water partition coefficient (Wildman–Crippen LogP) is 3.32. The van der Waals surface area contributed by atoms with Gasteiger partial charge in [0.25, 0.3) is 0 Å². The number of carbonyl (C=O) groups is 3. The number of amides is 2. The van der Waals surface area contributed by atoms with Gasteiger partial charge in [0.2, 0.25) is 11.8 Å². The maximum Gasteiger partial charge on any atom is 0.224 e. The van der Waals surface area contributed by atoms with Crippen LogP contribution < -0.4 is 15.4 Å². The van der Waals surface area contributed by atoms with Gasteiger partial charge in [0.05, 0.1) is 18.9 Å². The number of aromatic amines is 1. The largest absolute Gasteiger partial charge is 0.496 e. The fraction of sp³-hybridized carbons (Fsp3) is 0.379. The minimum Gasteiger partial charge on any atom is -0.496 e. The molecular weight excluding hydrogens is 468 g/mol. The monoisotopic (exact) mass is 498 g/mol. The van der Waals surface area contributed by atoms with Crippen molar-refractivity contribution < 1.29 is 19.1 Å². The molecule has 2 amide bonds. The quantitative estimate of drug-likeness (QED) is 0.391. The van der Waals surface area contributed by atoms with Gasteiger partial charge in [-0.15, -0.1) is 0 Å². The summed E-state index contributed by atoms with van der Waals surface area (Å²) in [6.07, 6.45) is 2.33. The number of carbonyl (C=O) groups excluding carboxylic acids is 3. The average Bonchev–Trinajstić information content (AvgIpc) is 3.64. The molecule has 190 valence electrons. The first-order valence-corrected chi connectivity index (χ1v) is 12.7. The molecule has 1 aliphatic carbocycles. The Hall–Kier alpha value is -4.12. The molecule has 0 bridgehead atoms. The molecule has 8 heteroatoms. The summed E-state index contributed by atoms with van der Waals surface area (Å²) in [7, 11) is 1.59. The third-order valence-corrected chi connectivity index (χ3v) is 7.69. The number of aromatic nitrogens is 1. The minimum atomic E-state index is -0.792. The number of nitriles is 1. The maximum absolute atomic E-state index is 13.6. The maximum atomic E-state index is 13.6. The second-order valence-electron chi connectivity index (χ2n) is 9.98. The highest BCUT2D eigenvalue weighted by molar-refractivity contribution is 6.02. The first kappa shape index (κ1) is 24.6. The van der Waals surface area contributed by atoms with Crippen LogP contribution >= 0.6 is 0 Å². The van der Waals surface area contributed by atoms with Crippen LogP contribution in [0.3, 0.4) is 0 Å². The summed E-state index contributed by atoms with van der Waals surface area (Å²) in [5, 5.41) is 16.2. The summed E-state index contributed by atoms with van der Waals surface area (Å²) in [6.45, 7) is 0.586. The average molecular weight is 499 g/mol. The lowest BCUT2D eigenvalue weighted by molar-refractivity contribution is -0.128. The molecule has 0 spiro atoms. The van der Waals surface area contributed by atoms with E-state index in [0.29, 0.717) is 37.3 Å². The number of H-pyrrole nitrogens is 1. The molecule has 1 aliphatic heterocycles. The number of hydrogen-bond donors (Lipinski definition) is 3. The van der Waals surface area contributed by atoms with Crippen molar-refractivity contribution in [3.8, 4) is 11.8 Å². The van der Waals surface area contributed by atoms with Crippen molar-refractivity contribution >= 4 is 28.5 Å². The molecule has 0 unspecified atom stereocenters. The van der Waals surface area contributed by atoms with Crippen LogP contribution in [0.5, 0.6) is 5.75 Å². The summed E-state index contributed by atoms with van der Waals surface area (Å²) < 4.78 is 5.42. The molecule has 3 aromatic rings. The lowest BCUT2D eigenvalue weighted by atomic mass is 9.84. The number of nitrogens with one attached hydrogen (secondary N) is 3. The summed E-state index contributed by atoms with van der Waals surface area (Å²) in [4.78, 5) is 42.2. The van der Waals surface area contributed by atoms with Crippen molar-refractivity contribution in [1.29, 1.82) is 5.26 Å². The Balaban J connectivity index is 1.37. The van der Waals surface area contributed by atoms with Gasteiger partial charge in [0.15, 0.2) is 5.78 Å². The van der Waals surface area contributed by atoms with E-state index in [1.54, 1.807) is 13.2 Å². The summed E-state index contributed by atoms with van der Waals surface area (Å²) in [5.74, 6) is -0.858. The van der Waals surface area contributed by atoms with Crippen LogP contribution in [0.15, 0.2) is 48.5 Å². The Morgan fingerprint density at radius 2 is 1.92 bits per heavy atom. The molecule has 8 nitrogen and oxygen atoms in total. The van der Waals surface area contributed by atoms with Crippen LogP contribution in [0.4, 0.5) is 0 Å². The minimum absolute atomic E-state index is 0.0156. The number of ether oxygens (including phenoxy) is 1.